The Bertz CT molecular complexity index is 988. The number of anilines is 2. The van der Waals surface area contributed by atoms with E-state index >= 15 is 0 Å². The van der Waals surface area contributed by atoms with E-state index in [-0.39, 0.29) is 21.2 Å². The molecule has 0 saturated heterocycles. The topological polar surface area (TPSA) is 80.5 Å². The van der Waals surface area contributed by atoms with Gasteiger partial charge in [-0.2, -0.15) is 13.2 Å². The highest BCUT2D eigenvalue weighted by Crippen LogP contribution is 2.50. The minimum atomic E-state index is -4.51. The zero-order chi connectivity index (χ0) is 18.6. The Labute approximate surface area is 145 Å². The van der Waals surface area contributed by atoms with Crippen molar-refractivity contribution in [1.29, 1.82) is 0 Å². The monoisotopic (exact) mass is 388 g/mol. The lowest BCUT2D eigenvalue weighted by Crippen LogP contribution is -2.26. The van der Waals surface area contributed by atoms with Gasteiger partial charge in [0.1, 0.15) is 0 Å². The van der Waals surface area contributed by atoms with Gasteiger partial charge in [-0.3, -0.25) is 9.69 Å². The van der Waals surface area contributed by atoms with E-state index < -0.39 is 27.7 Å². The third-order valence-corrected chi connectivity index (χ3v) is 5.59. The molecule has 0 radical (unpaired) electrons. The number of benzene rings is 2. The maximum atomic E-state index is 12.9. The fraction of sp³-hybridized carbons (Fsp3) is 0.133. The number of hydrogen-bond acceptors (Lipinski definition) is 4. The number of halogens is 3. The van der Waals surface area contributed by atoms with E-state index in [1.807, 2.05) is 0 Å². The van der Waals surface area contributed by atoms with Gasteiger partial charge in [0, 0.05) is 16.7 Å². The Balaban J connectivity index is 2.20. The summed E-state index contributed by atoms with van der Waals surface area (Å²) in [6.45, 7) is 1.24. The van der Waals surface area contributed by atoms with Crippen molar-refractivity contribution in [3.63, 3.8) is 0 Å². The molecule has 1 heterocycles. The number of hydrogen-bond donors (Lipinski definition) is 1. The van der Waals surface area contributed by atoms with Gasteiger partial charge in [-0.15, -0.1) is 0 Å². The quantitative estimate of drug-likeness (QED) is 0.811. The standard InChI is InChI=1S/C15H11F3N2O3S2/c1-8(21)20-11-4-2-9(15(16,17)18)6-14(11)24-13-5-3-10(7-12(13)20)25(19,22)23/h2-7H,1H3,(H2,19,22,23). The van der Waals surface area contributed by atoms with Crippen LogP contribution < -0.4 is 10.0 Å². The molecule has 0 bridgehead atoms. The molecule has 0 saturated carbocycles. The number of carbonyl (C=O) groups excluding carboxylic acids is 1. The van der Waals surface area contributed by atoms with E-state index in [2.05, 4.69) is 0 Å². The Morgan fingerprint density at radius 3 is 2.32 bits per heavy atom. The number of carbonyl (C=O) groups is 1. The second kappa shape index (κ2) is 5.75. The van der Waals surface area contributed by atoms with E-state index in [0.29, 0.717) is 4.90 Å². The third kappa shape index (κ3) is 3.24. The largest absolute Gasteiger partial charge is 0.416 e. The average Bonchev–Trinajstić information content (AvgIpc) is 2.49. The van der Waals surface area contributed by atoms with Crippen LogP contribution in [0.1, 0.15) is 12.5 Å². The molecule has 2 aromatic rings. The molecule has 1 aliphatic heterocycles. The van der Waals surface area contributed by atoms with E-state index in [4.69, 9.17) is 5.14 Å². The first-order valence-corrected chi connectivity index (χ1v) is 9.21. The zero-order valence-corrected chi connectivity index (χ0v) is 14.3. The summed E-state index contributed by atoms with van der Waals surface area (Å²) in [6, 6.07) is 6.94. The molecular formula is C15H11F3N2O3S2. The van der Waals surface area contributed by atoms with Crippen molar-refractivity contribution in [2.24, 2.45) is 5.14 Å². The van der Waals surface area contributed by atoms with Crippen LogP contribution in [-0.4, -0.2) is 14.3 Å². The molecule has 25 heavy (non-hydrogen) atoms. The van der Waals surface area contributed by atoms with Gasteiger partial charge in [0.15, 0.2) is 0 Å². The number of nitrogens with zero attached hydrogens (tertiary/aromatic N) is 1. The number of rotatable bonds is 1. The lowest BCUT2D eigenvalue weighted by atomic mass is 10.1. The van der Waals surface area contributed by atoms with Crippen molar-refractivity contribution in [2.75, 3.05) is 4.90 Å². The summed E-state index contributed by atoms with van der Waals surface area (Å²) in [5.74, 6) is -0.464. The van der Waals surface area contributed by atoms with Crippen molar-refractivity contribution in [1.82, 2.24) is 0 Å². The SMILES string of the molecule is CC(=O)N1c2ccc(C(F)(F)F)cc2Sc2ccc(S(N)(=O)=O)cc21. The normalized spacial score (nSPS) is 14.0. The van der Waals surface area contributed by atoms with Crippen molar-refractivity contribution in [2.45, 2.75) is 27.8 Å². The van der Waals surface area contributed by atoms with Crippen LogP contribution in [0.25, 0.3) is 0 Å². The molecule has 0 spiro atoms. The van der Waals surface area contributed by atoms with Crippen molar-refractivity contribution < 1.29 is 26.4 Å². The highest BCUT2D eigenvalue weighted by atomic mass is 32.2. The maximum absolute atomic E-state index is 12.9. The molecule has 0 unspecified atom stereocenters. The van der Waals surface area contributed by atoms with Gasteiger partial charge in [-0.1, -0.05) is 11.8 Å². The van der Waals surface area contributed by atoms with Crippen LogP contribution in [0.4, 0.5) is 24.5 Å². The number of primary sulfonamides is 1. The van der Waals surface area contributed by atoms with Gasteiger partial charge in [0.2, 0.25) is 15.9 Å². The summed E-state index contributed by atoms with van der Waals surface area (Å²) < 4.78 is 61.8. The molecule has 0 aromatic heterocycles. The van der Waals surface area contributed by atoms with E-state index in [1.165, 1.54) is 36.1 Å². The predicted octanol–water partition coefficient (Wildman–Crippen LogP) is 3.50. The average molecular weight is 388 g/mol. The molecular weight excluding hydrogens is 377 g/mol. The lowest BCUT2D eigenvalue weighted by Gasteiger charge is -2.31. The molecule has 0 aliphatic carbocycles. The van der Waals surface area contributed by atoms with Crippen molar-refractivity contribution in [3.8, 4) is 0 Å². The summed E-state index contributed by atoms with van der Waals surface area (Å²) >= 11 is 1.02. The van der Waals surface area contributed by atoms with Crippen LogP contribution >= 0.6 is 11.8 Å². The Hall–Kier alpha value is -2.04. The molecule has 132 valence electrons. The summed E-state index contributed by atoms with van der Waals surface area (Å²) in [4.78, 5) is 13.8. The highest BCUT2D eigenvalue weighted by Gasteiger charge is 2.34. The molecule has 2 aromatic carbocycles. The Kier molecular flexibility index (Phi) is 4.09. The maximum Gasteiger partial charge on any atom is 0.416 e. The van der Waals surface area contributed by atoms with Crippen molar-refractivity contribution >= 4 is 39.1 Å². The second-order valence-electron chi connectivity index (χ2n) is 5.31. The van der Waals surface area contributed by atoms with Gasteiger partial charge in [0.05, 0.1) is 21.8 Å². The van der Waals surface area contributed by atoms with Gasteiger partial charge in [-0.25, -0.2) is 13.6 Å². The molecule has 0 atom stereocenters. The first kappa shape index (κ1) is 17.8. The predicted molar refractivity (Wildman–Crippen MR) is 86.2 cm³/mol. The summed E-state index contributed by atoms with van der Waals surface area (Å²) in [6.07, 6.45) is -4.51. The summed E-state index contributed by atoms with van der Waals surface area (Å²) in [5.41, 5.74) is -0.312. The van der Waals surface area contributed by atoms with Gasteiger partial charge < -0.3 is 0 Å². The zero-order valence-electron chi connectivity index (χ0n) is 12.7. The lowest BCUT2D eigenvalue weighted by molar-refractivity contribution is -0.137. The smallest absolute Gasteiger partial charge is 0.279 e. The van der Waals surface area contributed by atoms with E-state index in [9.17, 15) is 26.4 Å². The molecule has 0 fully saturated rings. The van der Waals surface area contributed by atoms with Crippen molar-refractivity contribution in [3.05, 3.63) is 42.0 Å². The number of sulfonamides is 1. The summed E-state index contributed by atoms with van der Waals surface area (Å²) in [5, 5.41) is 5.11. The fourth-order valence-corrected chi connectivity index (χ4v) is 4.09. The minimum Gasteiger partial charge on any atom is -0.279 e. The van der Waals surface area contributed by atoms with Crippen LogP contribution in [0.3, 0.4) is 0 Å². The Morgan fingerprint density at radius 2 is 1.76 bits per heavy atom. The molecule has 10 heteroatoms. The van der Waals surface area contributed by atoms with Gasteiger partial charge >= 0.3 is 6.18 Å². The van der Waals surface area contributed by atoms with Crippen LogP contribution in [0.2, 0.25) is 0 Å². The number of alkyl halides is 3. The Morgan fingerprint density at radius 1 is 1.08 bits per heavy atom. The molecule has 5 nitrogen and oxygen atoms in total. The molecule has 3 rings (SSSR count). The second-order valence-corrected chi connectivity index (χ2v) is 7.96. The van der Waals surface area contributed by atoms with Crippen LogP contribution in [-0.2, 0) is 21.0 Å². The summed E-state index contributed by atoms with van der Waals surface area (Å²) in [7, 11) is -3.98. The first-order chi connectivity index (χ1) is 11.5. The van der Waals surface area contributed by atoms with Crippen LogP contribution in [0.15, 0.2) is 51.1 Å². The van der Waals surface area contributed by atoms with Gasteiger partial charge in [0.25, 0.3) is 0 Å². The van der Waals surface area contributed by atoms with Gasteiger partial charge in [-0.05, 0) is 36.4 Å². The number of amides is 1. The molecule has 2 N–H and O–H groups in total. The van der Waals surface area contributed by atoms with Crippen LogP contribution in [0.5, 0.6) is 0 Å². The highest BCUT2D eigenvalue weighted by molar-refractivity contribution is 7.99. The number of nitrogens with two attached hydrogens (primary N) is 1. The molecule has 1 aliphatic rings. The van der Waals surface area contributed by atoms with Crippen LogP contribution in [0, 0.1) is 0 Å². The minimum absolute atomic E-state index is 0.187. The fourth-order valence-electron chi connectivity index (χ4n) is 2.48. The van der Waals surface area contributed by atoms with E-state index in [1.54, 1.807) is 0 Å². The third-order valence-electron chi connectivity index (χ3n) is 3.56. The number of fused-ring (bicyclic) bond motifs is 2. The molecule has 1 amide bonds. The first-order valence-electron chi connectivity index (χ1n) is 6.85. The van der Waals surface area contributed by atoms with E-state index in [0.717, 1.165) is 23.9 Å².